The lowest BCUT2D eigenvalue weighted by Gasteiger charge is -1.82. The molecule has 0 bridgehead atoms. The lowest BCUT2D eigenvalue weighted by Crippen LogP contribution is -2.09. The molecule has 0 aromatic rings. The van der Waals surface area contributed by atoms with E-state index in [0.29, 0.717) is 13.0 Å². The Labute approximate surface area is 59.4 Å². The maximum Gasteiger partial charge on any atom is 0.207 e. The highest BCUT2D eigenvalue weighted by Crippen LogP contribution is 1.85. The molecule has 0 unspecified atom stereocenters. The number of nitrogens with one attached hydrogen (secondary N) is 1. The van der Waals surface area contributed by atoms with Crippen LogP contribution in [0.15, 0.2) is 0 Å². The standard InChI is InChI=1S/C6H9NOS/c1-9-5-3-2-4-7-6-8/h6H,4-5H2,1H3,(H,7,8). The van der Waals surface area contributed by atoms with Crippen molar-refractivity contribution >= 4 is 18.2 Å². The predicted molar refractivity (Wildman–Crippen MR) is 40.2 cm³/mol. The quantitative estimate of drug-likeness (QED) is 0.345. The van der Waals surface area contributed by atoms with Crippen LogP contribution in [0.4, 0.5) is 0 Å². The van der Waals surface area contributed by atoms with Gasteiger partial charge < -0.3 is 5.32 Å². The first-order valence-corrected chi connectivity index (χ1v) is 3.93. The zero-order valence-electron chi connectivity index (χ0n) is 5.31. The van der Waals surface area contributed by atoms with E-state index in [1.54, 1.807) is 11.8 Å². The highest BCUT2D eigenvalue weighted by Gasteiger charge is 1.70. The maximum absolute atomic E-state index is 9.65. The molecule has 0 spiro atoms. The Morgan fingerprint density at radius 2 is 2.44 bits per heavy atom. The topological polar surface area (TPSA) is 29.1 Å². The molecule has 0 atom stereocenters. The molecule has 0 aromatic heterocycles. The Morgan fingerprint density at radius 3 is 3.00 bits per heavy atom. The van der Waals surface area contributed by atoms with Gasteiger partial charge in [0.2, 0.25) is 6.41 Å². The van der Waals surface area contributed by atoms with E-state index in [1.165, 1.54) is 0 Å². The van der Waals surface area contributed by atoms with Gasteiger partial charge in [-0.15, -0.1) is 0 Å². The molecular weight excluding hydrogens is 134 g/mol. The summed E-state index contributed by atoms with van der Waals surface area (Å²) in [6.07, 6.45) is 2.63. The SMILES string of the molecule is CSCC#CCNC=O. The monoisotopic (exact) mass is 143 g/mol. The highest BCUT2D eigenvalue weighted by molar-refractivity contribution is 7.98. The van der Waals surface area contributed by atoms with Crippen LogP contribution in [0.1, 0.15) is 0 Å². The minimum atomic E-state index is 0.462. The molecule has 0 saturated heterocycles. The second-order valence-corrected chi connectivity index (χ2v) is 2.15. The summed E-state index contributed by atoms with van der Waals surface area (Å²) >= 11 is 1.67. The van der Waals surface area contributed by atoms with Crippen molar-refractivity contribution in [3.8, 4) is 11.8 Å². The Balaban J connectivity index is 3.05. The molecule has 0 aliphatic rings. The minimum Gasteiger partial charge on any atom is -0.348 e. The molecule has 50 valence electrons. The van der Waals surface area contributed by atoms with Crippen molar-refractivity contribution in [2.75, 3.05) is 18.6 Å². The maximum atomic E-state index is 9.65. The van der Waals surface area contributed by atoms with Crippen molar-refractivity contribution in [1.82, 2.24) is 5.32 Å². The molecule has 0 rings (SSSR count). The normalized spacial score (nSPS) is 7.22. The van der Waals surface area contributed by atoms with E-state index in [4.69, 9.17) is 0 Å². The van der Waals surface area contributed by atoms with Crippen molar-refractivity contribution in [3.63, 3.8) is 0 Å². The molecule has 0 aromatic carbocycles. The molecule has 9 heavy (non-hydrogen) atoms. The highest BCUT2D eigenvalue weighted by atomic mass is 32.2. The van der Waals surface area contributed by atoms with Gasteiger partial charge in [-0.2, -0.15) is 11.8 Å². The number of hydrogen-bond acceptors (Lipinski definition) is 2. The summed E-state index contributed by atoms with van der Waals surface area (Å²) in [5.41, 5.74) is 0. The van der Waals surface area contributed by atoms with Crippen molar-refractivity contribution in [2.24, 2.45) is 0 Å². The molecule has 0 aliphatic carbocycles. The third kappa shape index (κ3) is 7.38. The molecular formula is C6H9NOS. The summed E-state index contributed by atoms with van der Waals surface area (Å²) in [6.45, 7) is 0.462. The lowest BCUT2D eigenvalue weighted by atomic mass is 10.6. The summed E-state index contributed by atoms with van der Waals surface area (Å²) in [7, 11) is 0. The van der Waals surface area contributed by atoms with E-state index >= 15 is 0 Å². The van der Waals surface area contributed by atoms with Gasteiger partial charge in [0.1, 0.15) is 0 Å². The molecule has 1 N–H and O–H groups in total. The second-order valence-electron chi connectivity index (χ2n) is 1.29. The largest absolute Gasteiger partial charge is 0.348 e. The number of hydrogen-bond donors (Lipinski definition) is 1. The molecule has 0 aliphatic heterocycles. The van der Waals surface area contributed by atoms with Crippen LogP contribution in [0.2, 0.25) is 0 Å². The van der Waals surface area contributed by atoms with Gasteiger partial charge in [-0.3, -0.25) is 4.79 Å². The van der Waals surface area contributed by atoms with Crippen LogP contribution >= 0.6 is 11.8 Å². The number of thioether (sulfide) groups is 1. The van der Waals surface area contributed by atoms with Gasteiger partial charge in [-0.05, 0) is 6.26 Å². The molecule has 0 radical (unpaired) electrons. The fourth-order valence-corrected chi connectivity index (χ4v) is 0.525. The van der Waals surface area contributed by atoms with E-state index in [0.717, 1.165) is 5.75 Å². The van der Waals surface area contributed by atoms with Crippen LogP contribution in [0, 0.1) is 11.8 Å². The van der Waals surface area contributed by atoms with Crippen molar-refractivity contribution in [3.05, 3.63) is 0 Å². The second kappa shape index (κ2) is 7.38. The van der Waals surface area contributed by atoms with Crippen LogP contribution in [0.3, 0.4) is 0 Å². The molecule has 0 heterocycles. The van der Waals surface area contributed by atoms with Crippen LogP contribution in [-0.2, 0) is 4.79 Å². The van der Waals surface area contributed by atoms with Crippen LogP contribution in [0.25, 0.3) is 0 Å². The Kier molecular flexibility index (Phi) is 6.87. The van der Waals surface area contributed by atoms with Gasteiger partial charge in [0.15, 0.2) is 0 Å². The average Bonchev–Trinajstić information content (AvgIpc) is 1.89. The van der Waals surface area contributed by atoms with E-state index in [1.807, 2.05) is 6.26 Å². The Bertz CT molecular complexity index is 125. The van der Waals surface area contributed by atoms with Crippen molar-refractivity contribution in [1.29, 1.82) is 0 Å². The van der Waals surface area contributed by atoms with Gasteiger partial charge in [0, 0.05) is 0 Å². The molecule has 0 fully saturated rings. The minimum absolute atomic E-state index is 0.462. The summed E-state index contributed by atoms with van der Waals surface area (Å²) in [6, 6.07) is 0. The summed E-state index contributed by atoms with van der Waals surface area (Å²) in [4.78, 5) is 9.65. The van der Waals surface area contributed by atoms with Gasteiger partial charge >= 0.3 is 0 Å². The first-order chi connectivity index (χ1) is 4.41. The third-order valence-electron chi connectivity index (χ3n) is 0.615. The number of carbonyl (C=O) groups is 1. The number of carbonyl (C=O) groups excluding carboxylic acids is 1. The summed E-state index contributed by atoms with van der Waals surface area (Å²) < 4.78 is 0. The van der Waals surface area contributed by atoms with Gasteiger partial charge in [0.05, 0.1) is 12.3 Å². The molecule has 1 amide bonds. The first-order valence-electron chi connectivity index (χ1n) is 2.53. The first kappa shape index (κ1) is 8.38. The zero-order chi connectivity index (χ0) is 6.95. The van der Waals surface area contributed by atoms with E-state index < -0.39 is 0 Å². The Morgan fingerprint density at radius 1 is 1.67 bits per heavy atom. The predicted octanol–water partition coefficient (Wildman–Crippen LogP) is 0.0988. The smallest absolute Gasteiger partial charge is 0.207 e. The van der Waals surface area contributed by atoms with Crippen molar-refractivity contribution < 1.29 is 4.79 Å². The fourth-order valence-electron chi connectivity index (χ4n) is 0.278. The van der Waals surface area contributed by atoms with E-state index in [9.17, 15) is 4.79 Å². The van der Waals surface area contributed by atoms with Crippen molar-refractivity contribution in [2.45, 2.75) is 0 Å². The number of amides is 1. The van der Waals surface area contributed by atoms with E-state index in [-0.39, 0.29) is 0 Å². The number of rotatable bonds is 3. The van der Waals surface area contributed by atoms with Crippen LogP contribution in [0.5, 0.6) is 0 Å². The third-order valence-corrected chi connectivity index (χ3v) is 1.05. The average molecular weight is 143 g/mol. The lowest BCUT2D eigenvalue weighted by molar-refractivity contribution is -0.109. The zero-order valence-corrected chi connectivity index (χ0v) is 6.12. The summed E-state index contributed by atoms with van der Waals surface area (Å²) in [5, 5.41) is 2.44. The van der Waals surface area contributed by atoms with Crippen LogP contribution in [-0.4, -0.2) is 25.0 Å². The van der Waals surface area contributed by atoms with E-state index in [2.05, 4.69) is 17.2 Å². The molecule has 2 nitrogen and oxygen atoms in total. The fraction of sp³-hybridized carbons (Fsp3) is 0.500. The Hall–Kier alpha value is -0.620. The van der Waals surface area contributed by atoms with Gasteiger partial charge in [-0.25, -0.2) is 0 Å². The summed E-state index contributed by atoms with van der Waals surface area (Å²) in [5.74, 6) is 6.47. The van der Waals surface area contributed by atoms with Crippen LogP contribution < -0.4 is 5.32 Å². The molecule has 3 heteroatoms. The molecule has 0 saturated carbocycles. The van der Waals surface area contributed by atoms with Gasteiger partial charge in [0.25, 0.3) is 0 Å². The van der Waals surface area contributed by atoms with Gasteiger partial charge in [-0.1, -0.05) is 11.8 Å².